The fraction of sp³-hybridized carbons (Fsp3) is 0.143. The second kappa shape index (κ2) is 5.54. The summed E-state index contributed by atoms with van der Waals surface area (Å²) in [4.78, 5) is 0. The van der Waals surface area contributed by atoms with E-state index in [0.29, 0.717) is 0 Å². The van der Waals surface area contributed by atoms with Crippen molar-refractivity contribution in [1.82, 2.24) is 5.32 Å². The van der Waals surface area contributed by atoms with Crippen LogP contribution in [0, 0.1) is 0 Å². The van der Waals surface area contributed by atoms with Gasteiger partial charge in [0.2, 0.25) is 0 Å². The zero-order chi connectivity index (χ0) is 12.3. The number of hydrogen-bond donors (Lipinski definition) is 1. The number of rotatable bonds is 3. The first-order chi connectivity index (χ1) is 8.22. The van der Waals surface area contributed by atoms with Crippen LogP contribution in [-0.2, 0) is 6.54 Å². The van der Waals surface area contributed by atoms with Gasteiger partial charge in [0.25, 0.3) is 0 Å². The minimum Gasteiger partial charge on any atom is -0.316 e. The summed E-state index contributed by atoms with van der Waals surface area (Å²) in [6.07, 6.45) is 0. The first kappa shape index (κ1) is 12.4. The third kappa shape index (κ3) is 2.81. The van der Waals surface area contributed by atoms with Gasteiger partial charge in [0, 0.05) is 22.2 Å². The molecule has 0 bridgehead atoms. The van der Waals surface area contributed by atoms with Gasteiger partial charge < -0.3 is 5.32 Å². The number of nitrogens with one attached hydrogen (secondary N) is 1. The molecule has 0 atom stereocenters. The van der Waals surface area contributed by atoms with E-state index < -0.39 is 0 Å². The molecular weight excluding hydrogens is 253 g/mol. The van der Waals surface area contributed by atoms with Crippen molar-refractivity contribution in [2.24, 2.45) is 0 Å². The molecule has 17 heavy (non-hydrogen) atoms. The van der Waals surface area contributed by atoms with Crippen molar-refractivity contribution in [3.05, 3.63) is 58.1 Å². The largest absolute Gasteiger partial charge is 0.316 e. The van der Waals surface area contributed by atoms with Crippen LogP contribution in [0.5, 0.6) is 0 Å². The monoisotopic (exact) mass is 265 g/mol. The van der Waals surface area contributed by atoms with Crippen molar-refractivity contribution >= 4 is 23.2 Å². The molecule has 0 amide bonds. The van der Waals surface area contributed by atoms with E-state index >= 15 is 0 Å². The summed E-state index contributed by atoms with van der Waals surface area (Å²) in [5.41, 5.74) is 3.14. The van der Waals surface area contributed by atoms with Crippen LogP contribution in [0.4, 0.5) is 0 Å². The highest BCUT2D eigenvalue weighted by molar-refractivity contribution is 6.34. The number of hydrogen-bond acceptors (Lipinski definition) is 1. The van der Waals surface area contributed by atoms with E-state index in [1.807, 2.05) is 49.5 Å². The van der Waals surface area contributed by atoms with Crippen molar-refractivity contribution in [2.75, 3.05) is 7.05 Å². The van der Waals surface area contributed by atoms with E-state index in [0.717, 1.165) is 33.3 Å². The van der Waals surface area contributed by atoms with Crippen molar-refractivity contribution in [3.8, 4) is 11.1 Å². The molecule has 0 unspecified atom stereocenters. The van der Waals surface area contributed by atoms with Crippen molar-refractivity contribution in [1.29, 1.82) is 0 Å². The Morgan fingerprint density at radius 3 is 2.41 bits per heavy atom. The molecule has 2 aromatic rings. The molecule has 0 radical (unpaired) electrons. The maximum absolute atomic E-state index is 6.23. The van der Waals surface area contributed by atoms with Crippen molar-refractivity contribution in [3.63, 3.8) is 0 Å². The molecular formula is C14H13Cl2N. The smallest absolute Gasteiger partial charge is 0.0484 e. The maximum atomic E-state index is 6.23. The lowest BCUT2D eigenvalue weighted by Gasteiger charge is -2.08. The lowest BCUT2D eigenvalue weighted by atomic mass is 10.0. The van der Waals surface area contributed by atoms with E-state index in [1.54, 1.807) is 0 Å². The van der Waals surface area contributed by atoms with E-state index in [9.17, 15) is 0 Å². The van der Waals surface area contributed by atoms with Crippen LogP contribution in [0.15, 0.2) is 42.5 Å². The second-order valence-electron chi connectivity index (χ2n) is 3.82. The molecule has 0 heterocycles. The highest BCUT2D eigenvalue weighted by atomic mass is 35.5. The highest BCUT2D eigenvalue weighted by Crippen LogP contribution is 2.30. The van der Waals surface area contributed by atoms with E-state index in [4.69, 9.17) is 23.2 Å². The second-order valence-corrected chi connectivity index (χ2v) is 4.63. The predicted molar refractivity (Wildman–Crippen MR) is 74.7 cm³/mol. The summed E-state index contributed by atoms with van der Waals surface area (Å²) in [6, 6.07) is 13.8. The van der Waals surface area contributed by atoms with Gasteiger partial charge in [-0.25, -0.2) is 0 Å². The summed E-state index contributed by atoms with van der Waals surface area (Å²) in [5, 5.41) is 4.59. The molecule has 0 aliphatic rings. The molecule has 1 N–H and O–H groups in total. The molecule has 3 heteroatoms. The van der Waals surface area contributed by atoms with Crippen molar-refractivity contribution in [2.45, 2.75) is 6.54 Å². The SMILES string of the molecule is CNCc1ccc(-c2ccccc2Cl)cc1Cl. The lowest BCUT2D eigenvalue weighted by Crippen LogP contribution is -2.05. The first-order valence-corrected chi connectivity index (χ1v) is 6.16. The Morgan fingerprint density at radius 2 is 1.76 bits per heavy atom. The van der Waals surface area contributed by atoms with Gasteiger partial charge >= 0.3 is 0 Å². The molecule has 0 saturated heterocycles. The zero-order valence-corrected chi connectivity index (χ0v) is 11.0. The summed E-state index contributed by atoms with van der Waals surface area (Å²) in [6.45, 7) is 0.766. The third-order valence-corrected chi connectivity index (χ3v) is 3.29. The van der Waals surface area contributed by atoms with Crippen LogP contribution < -0.4 is 5.32 Å². The molecule has 0 fully saturated rings. The zero-order valence-electron chi connectivity index (χ0n) is 9.50. The summed E-state index contributed by atoms with van der Waals surface area (Å²) in [5.74, 6) is 0. The standard InChI is InChI=1S/C14H13Cl2N/c1-17-9-11-7-6-10(8-14(11)16)12-4-2-3-5-13(12)15/h2-8,17H,9H2,1H3. The normalized spacial score (nSPS) is 10.5. The Bertz CT molecular complexity index is 523. The van der Waals surface area contributed by atoms with Gasteiger partial charge in [0.05, 0.1) is 0 Å². The topological polar surface area (TPSA) is 12.0 Å². The molecule has 2 rings (SSSR count). The summed E-state index contributed by atoms with van der Waals surface area (Å²) >= 11 is 12.4. The Labute approximate surface area is 111 Å². The molecule has 0 aliphatic heterocycles. The number of halogens is 2. The van der Waals surface area contributed by atoms with Crippen LogP contribution in [0.2, 0.25) is 10.0 Å². The molecule has 0 saturated carbocycles. The molecule has 0 aromatic heterocycles. The Morgan fingerprint density at radius 1 is 1.00 bits per heavy atom. The molecule has 0 aliphatic carbocycles. The van der Waals surface area contributed by atoms with Gasteiger partial charge in [-0.1, -0.05) is 53.5 Å². The minimum atomic E-state index is 0.741. The van der Waals surface area contributed by atoms with Gasteiger partial charge in [-0.2, -0.15) is 0 Å². The van der Waals surface area contributed by atoms with Crippen LogP contribution in [-0.4, -0.2) is 7.05 Å². The van der Waals surface area contributed by atoms with Crippen LogP contribution in [0.1, 0.15) is 5.56 Å². The fourth-order valence-corrected chi connectivity index (χ4v) is 2.24. The third-order valence-electron chi connectivity index (χ3n) is 2.61. The van der Waals surface area contributed by atoms with Gasteiger partial charge in [-0.3, -0.25) is 0 Å². The van der Waals surface area contributed by atoms with E-state index in [2.05, 4.69) is 5.32 Å². The van der Waals surface area contributed by atoms with Gasteiger partial charge in [-0.15, -0.1) is 0 Å². The van der Waals surface area contributed by atoms with Crippen LogP contribution in [0.3, 0.4) is 0 Å². The van der Waals surface area contributed by atoms with E-state index in [-0.39, 0.29) is 0 Å². The highest BCUT2D eigenvalue weighted by Gasteiger charge is 2.05. The summed E-state index contributed by atoms with van der Waals surface area (Å²) < 4.78 is 0. The van der Waals surface area contributed by atoms with Crippen LogP contribution in [0.25, 0.3) is 11.1 Å². The molecule has 0 spiro atoms. The summed E-state index contributed by atoms with van der Waals surface area (Å²) in [7, 11) is 1.90. The maximum Gasteiger partial charge on any atom is 0.0484 e. The number of benzene rings is 2. The molecule has 88 valence electrons. The fourth-order valence-electron chi connectivity index (χ4n) is 1.74. The minimum absolute atomic E-state index is 0.741. The Balaban J connectivity index is 2.41. The van der Waals surface area contributed by atoms with Crippen molar-refractivity contribution < 1.29 is 0 Å². The quantitative estimate of drug-likeness (QED) is 0.869. The van der Waals surface area contributed by atoms with E-state index in [1.165, 1.54) is 0 Å². The van der Waals surface area contributed by atoms with Gasteiger partial charge in [-0.05, 0) is 30.3 Å². The first-order valence-electron chi connectivity index (χ1n) is 5.40. The average molecular weight is 266 g/mol. The lowest BCUT2D eigenvalue weighted by molar-refractivity contribution is 0.818. The van der Waals surface area contributed by atoms with Gasteiger partial charge in [0.1, 0.15) is 0 Å². The predicted octanol–water partition coefficient (Wildman–Crippen LogP) is 4.38. The Hall–Kier alpha value is -1.02. The molecule has 2 aromatic carbocycles. The Kier molecular flexibility index (Phi) is 4.06. The molecule has 1 nitrogen and oxygen atoms in total. The van der Waals surface area contributed by atoms with Gasteiger partial charge in [0.15, 0.2) is 0 Å². The average Bonchev–Trinajstić information content (AvgIpc) is 2.33. The van der Waals surface area contributed by atoms with Crippen LogP contribution >= 0.6 is 23.2 Å².